The van der Waals surface area contributed by atoms with Crippen molar-refractivity contribution in [3.05, 3.63) is 15.6 Å². The zero-order chi connectivity index (χ0) is 15.6. The lowest BCUT2D eigenvalue weighted by atomic mass is 10.2. The molecule has 1 fully saturated rings. The van der Waals surface area contributed by atoms with Crippen molar-refractivity contribution in [3.63, 3.8) is 0 Å². The zero-order valence-corrected chi connectivity index (χ0v) is 13.4. The topological polar surface area (TPSA) is 82.5 Å². The summed E-state index contributed by atoms with van der Waals surface area (Å²) in [5, 5.41) is 12.7. The van der Waals surface area contributed by atoms with Gasteiger partial charge in [-0.1, -0.05) is 0 Å². The second kappa shape index (κ2) is 6.43. The van der Waals surface area contributed by atoms with E-state index in [1.165, 1.54) is 0 Å². The third-order valence-electron chi connectivity index (χ3n) is 3.49. The average molecular weight is 311 g/mol. The van der Waals surface area contributed by atoms with E-state index in [0.29, 0.717) is 0 Å². The van der Waals surface area contributed by atoms with Crippen LogP contribution in [-0.2, 0) is 4.79 Å². The highest BCUT2D eigenvalue weighted by atomic mass is 32.1. The van der Waals surface area contributed by atoms with Gasteiger partial charge in [0.1, 0.15) is 0 Å². The first-order valence-corrected chi connectivity index (χ1v) is 7.93. The van der Waals surface area contributed by atoms with Crippen LogP contribution in [0.25, 0.3) is 0 Å². The lowest BCUT2D eigenvalue weighted by Gasteiger charge is -2.24. The molecule has 7 heteroatoms. The fourth-order valence-corrected chi connectivity index (χ4v) is 3.26. The van der Waals surface area contributed by atoms with Crippen molar-refractivity contribution in [1.29, 1.82) is 0 Å². The van der Waals surface area contributed by atoms with Crippen molar-refractivity contribution < 1.29 is 14.7 Å². The molecule has 2 amide bonds. The summed E-state index contributed by atoms with van der Waals surface area (Å²) in [6.07, 6.45) is 1.90. The number of carboxylic acid groups (broad SMARTS) is 1. The van der Waals surface area contributed by atoms with Crippen LogP contribution in [-0.4, -0.2) is 39.6 Å². The van der Waals surface area contributed by atoms with Crippen molar-refractivity contribution in [2.45, 2.75) is 52.1 Å². The largest absolute Gasteiger partial charge is 0.481 e. The van der Waals surface area contributed by atoms with Gasteiger partial charge in [-0.15, -0.1) is 11.3 Å². The van der Waals surface area contributed by atoms with Crippen LogP contribution in [0.4, 0.5) is 4.79 Å². The number of carbonyl (C=O) groups is 2. The molecule has 0 bridgehead atoms. The van der Waals surface area contributed by atoms with E-state index in [9.17, 15) is 9.59 Å². The number of aromatic nitrogens is 1. The molecule has 0 aliphatic heterocycles. The molecular formula is C14H21N3O3S. The molecule has 1 aliphatic rings. The van der Waals surface area contributed by atoms with E-state index in [4.69, 9.17) is 5.11 Å². The number of thiazole rings is 1. The fourth-order valence-electron chi connectivity index (χ4n) is 2.33. The van der Waals surface area contributed by atoms with Gasteiger partial charge >= 0.3 is 12.0 Å². The summed E-state index contributed by atoms with van der Waals surface area (Å²) in [5.74, 6) is -0.879. The zero-order valence-electron chi connectivity index (χ0n) is 12.5. The van der Waals surface area contributed by atoms with Crippen LogP contribution in [0.3, 0.4) is 0 Å². The number of amides is 2. The van der Waals surface area contributed by atoms with Crippen LogP contribution >= 0.6 is 11.3 Å². The van der Waals surface area contributed by atoms with Gasteiger partial charge in [0.15, 0.2) is 0 Å². The Balaban J connectivity index is 1.97. The Kier molecular flexibility index (Phi) is 4.82. The molecule has 0 radical (unpaired) electrons. The maximum Gasteiger partial charge on any atom is 0.318 e. The molecule has 1 aliphatic carbocycles. The number of carboxylic acids is 1. The second-order valence-corrected chi connectivity index (χ2v) is 6.66. The van der Waals surface area contributed by atoms with E-state index >= 15 is 0 Å². The molecule has 1 heterocycles. The van der Waals surface area contributed by atoms with Gasteiger partial charge in [-0.25, -0.2) is 9.78 Å². The molecule has 0 spiro atoms. The Hall–Kier alpha value is -1.63. The molecule has 0 saturated heterocycles. The SMILES string of the molecule is Cc1nc(C)c(C(C)NC(=O)N(CCC(=O)O)C2CC2)s1. The quantitative estimate of drug-likeness (QED) is 0.845. The summed E-state index contributed by atoms with van der Waals surface area (Å²) in [5.41, 5.74) is 0.939. The van der Waals surface area contributed by atoms with Crippen LogP contribution in [0.5, 0.6) is 0 Å². The molecule has 1 aromatic heterocycles. The van der Waals surface area contributed by atoms with E-state index in [-0.39, 0.29) is 31.1 Å². The number of hydrogen-bond donors (Lipinski definition) is 2. The normalized spacial score (nSPS) is 15.6. The lowest BCUT2D eigenvalue weighted by Crippen LogP contribution is -2.43. The number of hydrogen-bond acceptors (Lipinski definition) is 4. The Labute approximate surface area is 128 Å². The van der Waals surface area contributed by atoms with Crippen molar-refractivity contribution in [1.82, 2.24) is 15.2 Å². The number of nitrogens with one attached hydrogen (secondary N) is 1. The predicted molar refractivity (Wildman–Crippen MR) is 80.5 cm³/mol. The van der Waals surface area contributed by atoms with Crippen LogP contribution in [0.15, 0.2) is 0 Å². The number of nitrogens with zero attached hydrogens (tertiary/aromatic N) is 2. The second-order valence-electron chi connectivity index (χ2n) is 5.42. The Morgan fingerprint density at radius 1 is 1.48 bits per heavy atom. The average Bonchev–Trinajstić information content (AvgIpc) is 3.14. The van der Waals surface area contributed by atoms with Gasteiger partial charge in [0.05, 0.1) is 23.2 Å². The first kappa shape index (κ1) is 15.8. The number of rotatable bonds is 6. The van der Waals surface area contributed by atoms with Gasteiger partial charge in [-0.2, -0.15) is 0 Å². The Bertz CT molecular complexity index is 540. The van der Waals surface area contributed by atoms with Crippen molar-refractivity contribution in [3.8, 4) is 0 Å². The molecule has 1 atom stereocenters. The first-order valence-electron chi connectivity index (χ1n) is 7.11. The molecule has 0 aromatic carbocycles. The number of aliphatic carboxylic acids is 1. The molecule has 2 rings (SSSR count). The summed E-state index contributed by atoms with van der Waals surface area (Å²) >= 11 is 1.58. The van der Waals surface area contributed by atoms with Gasteiger partial charge in [0, 0.05) is 17.5 Å². The predicted octanol–water partition coefficient (Wildman–Crippen LogP) is 2.47. The van der Waals surface area contributed by atoms with Gasteiger partial charge in [-0.05, 0) is 33.6 Å². The Morgan fingerprint density at radius 2 is 2.14 bits per heavy atom. The third-order valence-corrected chi connectivity index (χ3v) is 4.74. The van der Waals surface area contributed by atoms with Crippen LogP contribution in [0.2, 0.25) is 0 Å². The lowest BCUT2D eigenvalue weighted by molar-refractivity contribution is -0.137. The number of urea groups is 1. The van der Waals surface area contributed by atoms with Crippen LogP contribution < -0.4 is 5.32 Å². The molecule has 1 unspecified atom stereocenters. The smallest absolute Gasteiger partial charge is 0.318 e. The number of carbonyl (C=O) groups excluding carboxylic acids is 1. The maximum atomic E-state index is 12.3. The van der Waals surface area contributed by atoms with E-state index < -0.39 is 5.97 Å². The van der Waals surface area contributed by atoms with Crippen LogP contribution in [0.1, 0.15) is 47.8 Å². The summed E-state index contributed by atoms with van der Waals surface area (Å²) in [6.45, 7) is 6.07. The molecule has 1 saturated carbocycles. The maximum absolute atomic E-state index is 12.3. The summed E-state index contributed by atoms with van der Waals surface area (Å²) in [6, 6.07) is -0.104. The highest BCUT2D eigenvalue weighted by molar-refractivity contribution is 7.11. The Morgan fingerprint density at radius 3 is 2.62 bits per heavy atom. The van der Waals surface area contributed by atoms with Crippen LogP contribution in [0, 0.1) is 13.8 Å². The monoisotopic (exact) mass is 311 g/mol. The summed E-state index contributed by atoms with van der Waals surface area (Å²) < 4.78 is 0. The highest BCUT2D eigenvalue weighted by Gasteiger charge is 2.33. The van der Waals surface area contributed by atoms with Gasteiger partial charge in [0.2, 0.25) is 0 Å². The van der Waals surface area contributed by atoms with Crippen molar-refractivity contribution in [2.24, 2.45) is 0 Å². The molecule has 2 N–H and O–H groups in total. The first-order chi connectivity index (χ1) is 9.88. The molecule has 116 valence electrons. The fraction of sp³-hybridized carbons (Fsp3) is 0.643. The van der Waals surface area contributed by atoms with Gasteiger partial charge < -0.3 is 15.3 Å². The third kappa shape index (κ3) is 4.17. The molecule has 6 nitrogen and oxygen atoms in total. The summed E-state index contributed by atoms with van der Waals surface area (Å²) in [7, 11) is 0. The van der Waals surface area contributed by atoms with Gasteiger partial charge in [0.25, 0.3) is 0 Å². The number of aryl methyl sites for hydroxylation is 2. The molecule has 21 heavy (non-hydrogen) atoms. The summed E-state index contributed by atoms with van der Waals surface area (Å²) in [4.78, 5) is 30.1. The minimum Gasteiger partial charge on any atom is -0.481 e. The minimum absolute atomic E-state index is 0.0169. The van der Waals surface area contributed by atoms with Gasteiger partial charge in [-0.3, -0.25) is 4.79 Å². The van der Waals surface area contributed by atoms with E-state index in [0.717, 1.165) is 28.4 Å². The van der Waals surface area contributed by atoms with E-state index in [2.05, 4.69) is 10.3 Å². The minimum atomic E-state index is -0.879. The molecule has 1 aromatic rings. The molecular weight excluding hydrogens is 290 g/mol. The van der Waals surface area contributed by atoms with E-state index in [1.807, 2.05) is 20.8 Å². The van der Waals surface area contributed by atoms with E-state index in [1.54, 1.807) is 16.2 Å². The van der Waals surface area contributed by atoms with Crippen molar-refractivity contribution >= 4 is 23.3 Å². The standard InChI is InChI=1S/C14H21N3O3S/c1-8-13(21-10(3)15-8)9(2)16-14(20)17(11-4-5-11)7-6-12(18)19/h9,11H,4-7H2,1-3H3,(H,16,20)(H,18,19). The van der Waals surface area contributed by atoms with Crippen molar-refractivity contribution in [2.75, 3.05) is 6.54 Å². The highest BCUT2D eigenvalue weighted by Crippen LogP contribution is 2.28.